The van der Waals surface area contributed by atoms with Gasteiger partial charge in [0.05, 0.1) is 18.3 Å². The number of aromatic hydroxyl groups is 1. The molecule has 1 heterocycles. The molecule has 0 saturated heterocycles. The Morgan fingerprint density at radius 2 is 1.74 bits per heavy atom. The topological polar surface area (TPSA) is 124 Å². The van der Waals surface area contributed by atoms with Crippen molar-refractivity contribution in [2.45, 2.75) is 40.3 Å². The van der Waals surface area contributed by atoms with Crippen LogP contribution in [-0.2, 0) is 11.3 Å². The number of anilines is 1. The van der Waals surface area contributed by atoms with Crippen molar-refractivity contribution in [2.75, 3.05) is 11.2 Å². The van der Waals surface area contributed by atoms with E-state index in [2.05, 4.69) is 10.3 Å². The number of hydrogen-bond acceptors (Lipinski definition) is 6. The van der Waals surface area contributed by atoms with Crippen LogP contribution < -0.4 is 27.1 Å². The van der Waals surface area contributed by atoms with Gasteiger partial charge in [-0.25, -0.2) is 4.99 Å². The lowest BCUT2D eigenvalue weighted by Crippen LogP contribution is -2.45. The molecule has 34 heavy (non-hydrogen) atoms. The molecule has 0 bridgehead atoms. The number of aromatic nitrogens is 2. The van der Waals surface area contributed by atoms with E-state index in [-0.39, 0.29) is 24.0 Å². The fraction of sp³-hybridized carbons (Fsp3) is 0.292. The third-order valence-corrected chi connectivity index (χ3v) is 5.08. The summed E-state index contributed by atoms with van der Waals surface area (Å²) in [6.45, 7) is 7.27. The molecule has 3 rings (SSSR count). The van der Waals surface area contributed by atoms with Crippen molar-refractivity contribution in [1.29, 1.82) is 0 Å². The molecular formula is C24H28ClN5O4. The molecule has 0 unspecified atom stereocenters. The third kappa shape index (κ3) is 5.79. The van der Waals surface area contributed by atoms with Crippen LogP contribution in [0.15, 0.2) is 58.3 Å². The second kappa shape index (κ2) is 10.5. The quantitative estimate of drug-likeness (QED) is 0.442. The Hall–Kier alpha value is -3.72. The van der Waals surface area contributed by atoms with Gasteiger partial charge in [0.1, 0.15) is 5.75 Å². The van der Waals surface area contributed by atoms with E-state index < -0.39 is 23.3 Å². The Labute approximate surface area is 202 Å². The first-order chi connectivity index (χ1) is 16.1. The summed E-state index contributed by atoms with van der Waals surface area (Å²) >= 11 is 5.98. The van der Waals surface area contributed by atoms with Gasteiger partial charge in [-0.2, -0.15) is 4.68 Å². The molecule has 2 aromatic carbocycles. The first kappa shape index (κ1) is 24.9. The van der Waals surface area contributed by atoms with E-state index in [9.17, 15) is 14.7 Å². The highest BCUT2D eigenvalue weighted by Crippen LogP contribution is 2.20. The molecule has 9 nitrogen and oxygen atoms in total. The Morgan fingerprint density at radius 1 is 1.12 bits per heavy atom. The Kier molecular flexibility index (Phi) is 7.68. The van der Waals surface area contributed by atoms with Crippen molar-refractivity contribution >= 4 is 28.9 Å². The highest BCUT2D eigenvalue weighted by Gasteiger charge is 2.20. The number of benzene rings is 2. The number of ether oxygens (including phenoxy) is 1. The average Bonchev–Trinajstić information content (AvgIpc) is 2.79. The number of amides is 1. The number of carbonyl (C=O) groups is 1. The maximum absolute atomic E-state index is 13.4. The van der Waals surface area contributed by atoms with Gasteiger partial charge in [0.15, 0.2) is 5.69 Å². The molecule has 0 spiro atoms. The van der Waals surface area contributed by atoms with Crippen LogP contribution in [0.2, 0.25) is 5.02 Å². The Balaban J connectivity index is 2.18. The first-order valence-electron chi connectivity index (χ1n) is 10.8. The number of nitrogens with zero attached hydrogens (tertiary/aromatic N) is 3. The SMILES string of the molecule is CC(C)Oc1ccc(/N=c2\n(N)c(O)c(NC(=O)C(C)C)c(=O)n2Cc2ccc(Cl)cc2)cc1. The standard InChI is InChI=1S/C24H28ClN5O4/c1-14(2)21(31)28-20-22(32)29(13-16-5-7-17(25)8-6-16)24(30(26)23(20)33)27-18-9-11-19(12-10-18)34-15(3)4/h5-12,14-15,33H,13,26H2,1-4H3,(H,28,31)/b27-24-. The summed E-state index contributed by atoms with van der Waals surface area (Å²) in [7, 11) is 0. The molecule has 3 aromatic rings. The molecule has 0 saturated carbocycles. The number of nitrogens with one attached hydrogen (secondary N) is 1. The van der Waals surface area contributed by atoms with Gasteiger partial charge in [-0.05, 0) is 55.8 Å². The van der Waals surface area contributed by atoms with Gasteiger partial charge in [-0.1, -0.05) is 37.6 Å². The molecule has 1 aromatic heterocycles. The van der Waals surface area contributed by atoms with E-state index in [4.69, 9.17) is 22.2 Å². The number of nitrogens with two attached hydrogens (primary N) is 1. The zero-order valence-corrected chi connectivity index (χ0v) is 20.2. The number of rotatable bonds is 7. The lowest BCUT2D eigenvalue weighted by Gasteiger charge is -2.16. The zero-order chi connectivity index (χ0) is 25.0. The minimum absolute atomic E-state index is 0.0162. The molecule has 10 heteroatoms. The maximum atomic E-state index is 13.4. The number of halogens is 1. The highest BCUT2D eigenvalue weighted by molar-refractivity contribution is 6.30. The molecular weight excluding hydrogens is 458 g/mol. The predicted molar refractivity (Wildman–Crippen MR) is 132 cm³/mol. The second-order valence-electron chi connectivity index (χ2n) is 8.30. The van der Waals surface area contributed by atoms with E-state index in [1.807, 2.05) is 13.8 Å². The van der Waals surface area contributed by atoms with E-state index in [1.165, 1.54) is 4.57 Å². The molecule has 0 atom stereocenters. The first-order valence-corrected chi connectivity index (χ1v) is 11.1. The molecule has 0 fully saturated rings. The number of hydrogen-bond donors (Lipinski definition) is 3. The van der Waals surface area contributed by atoms with Crippen molar-refractivity contribution in [3.8, 4) is 11.6 Å². The van der Waals surface area contributed by atoms with Crippen LogP contribution in [-0.4, -0.2) is 26.4 Å². The third-order valence-electron chi connectivity index (χ3n) is 4.83. The molecule has 4 N–H and O–H groups in total. The average molecular weight is 486 g/mol. The van der Waals surface area contributed by atoms with Crippen LogP contribution >= 0.6 is 11.6 Å². The minimum atomic E-state index is -0.651. The van der Waals surface area contributed by atoms with E-state index in [0.717, 1.165) is 10.2 Å². The smallest absolute Gasteiger partial charge is 0.283 e. The van der Waals surface area contributed by atoms with E-state index in [1.54, 1.807) is 62.4 Å². The minimum Gasteiger partial charge on any atom is -0.492 e. The van der Waals surface area contributed by atoms with Crippen LogP contribution in [0.1, 0.15) is 33.3 Å². The van der Waals surface area contributed by atoms with Gasteiger partial charge >= 0.3 is 0 Å². The van der Waals surface area contributed by atoms with Gasteiger partial charge < -0.3 is 21.0 Å². The van der Waals surface area contributed by atoms with Crippen LogP contribution in [0, 0.1) is 5.92 Å². The molecule has 0 radical (unpaired) electrons. The normalized spacial score (nSPS) is 11.8. The predicted octanol–water partition coefficient (Wildman–Crippen LogP) is 3.39. The zero-order valence-electron chi connectivity index (χ0n) is 19.4. The molecule has 1 amide bonds. The summed E-state index contributed by atoms with van der Waals surface area (Å²) in [4.78, 5) is 30.1. The van der Waals surface area contributed by atoms with Crippen LogP contribution in [0.25, 0.3) is 0 Å². The number of carbonyl (C=O) groups excluding carboxylic acids is 1. The van der Waals surface area contributed by atoms with E-state index in [0.29, 0.717) is 16.5 Å². The van der Waals surface area contributed by atoms with Crippen molar-refractivity contribution < 1.29 is 14.6 Å². The van der Waals surface area contributed by atoms with Gasteiger partial charge in [0.25, 0.3) is 5.56 Å². The fourth-order valence-electron chi connectivity index (χ4n) is 3.06. The van der Waals surface area contributed by atoms with Gasteiger partial charge in [0.2, 0.25) is 17.4 Å². The van der Waals surface area contributed by atoms with Crippen LogP contribution in [0.5, 0.6) is 11.6 Å². The van der Waals surface area contributed by atoms with Crippen LogP contribution in [0.4, 0.5) is 11.4 Å². The summed E-state index contributed by atoms with van der Waals surface area (Å²) in [6.07, 6.45) is 0.0177. The fourth-order valence-corrected chi connectivity index (χ4v) is 3.19. The van der Waals surface area contributed by atoms with Gasteiger partial charge in [-0.15, -0.1) is 0 Å². The molecule has 0 aliphatic carbocycles. The van der Waals surface area contributed by atoms with Crippen molar-refractivity contribution in [3.63, 3.8) is 0 Å². The maximum Gasteiger partial charge on any atom is 0.283 e. The summed E-state index contributed by atoms with van der Waals surface area (Å²) in [6, 6.07) is 13.8. The summed E-state index contributed by atoms with van der Waals surface area (Å²) in [5.74, 6) is 5.36. The lowest BCUT2D eigenvalue weighted by atomic mass is 10.2. The second-order valence-corrected chi connectivity index (χ2v) is 8.74. The van der Waals surface area contributed by atoms with Gasteiger partial charge in [0, 0.05) is 10.9 Å². The monoisotopic (exact) mass is 485 g/mol. The highest BCUT2D eigenvalue weighted by atomic mass is 35.5. The molecule has 0 aliphatic rings. The van der Waals surface area contributed by atoms with Gasteiger partial charge in [-0.3, -0.25) is 14.2 Å². The van der Waals surface area contributed by atoms with Crippen molar-refractivity contribution in [2.24, 2.45) is 10.9 Å². The summed E-state index contributed by atoms with van der Waals surface area (Å²) in [5.41, 5.74) is 0.238. The van der Waals surface area contributed by atoms with Crippen molar-refractivity contribution in [1.82, 2.24) is 9.24 Å². The van der Waals surface area contributed by atoms with Crippen molar-refractivity contribution in [3.05, 3.63) is 75.1 Å². The largest absolute Gasteiger partial charge is 0.492 e. The Bertz CT molecular complexity index is 1290. The molecule has 0 aliphatic heterocycles. The van der Waals surface area contributed by atoms with E-state index >= 15 is 0 Å². The lowest BCUT2D eigenvalue weighted by molar-refractivity contribution is -0.118. The number of nitrogen functional groups attached to an aromatic ring is 1. The van der Waals surface area contributed by atoms with Crippen LogP contribution in [0.3, 0.4) is 0 Å². The summed E-state index contributed by atoms with van der Waals surface area (Å²) < 4.78 is 7.79. The Morgan fingerprint density at radius 3 is 2.29 bits per heavy atom. The summed E-state index contributed by atoms with van der Waals surface area (Å²) in [5, 5.41) is 13.7. The molecule has 180 valence electrons.